The van der Waals surface area contributed by atoms with Gasteiger partial charge in [0, 0.05) is 25.7 Å². The van der Waals surface area contributed by atoms with Gasteiger partial charge in [-0.2, -0.15) is 0 Å². The van der Waals surface area contributed by atoms with Crippen LogP contribution in [-0.2, 0) is 65.4 Å². The molecule has 0 bridgehead atoms. The Morgan fingerprint density at radius 3 is 0.717 bits per heavy atom. The number of rotatable bonds is 80. The van der Waals surface area contributed by atoms with Gasteiger partial charge in [0.2, 0.25) is 0 Å². The van der Waals surface area contributed by atoms with E-state index >= 15 is 0 Å². The summed E-state index contributed by atoms with van der Waals surface area (Å²) in [5, 5.41) is 10.6. The molecule has 0 aromatic carbocycles. The monoisotopic (exact) mass is 1450 g/mol. The van der Waals surface area contributed by atoms with Gasteiger partial charge in [-0.15, -0.1) is 0 Å². The normalized spacial score (nSPS) is 14.1. The van der Waals surface area contributed by atoms with Crippen molar-refractivity contribution in [2.24, 2.45) is 5.92 Å². The van der Waals surface area contributed by atoms with Crippen LogP contribution < -0.4 is 0 Å². The highest BCUT2D eigenvalue weighted by Crippen LogP contribution is 2.45. The molecule has 0 aromatic rings. The van der Waals surface area contributed by atoms with Crippen molar-refractivity contribution in [3.05, 3.63) is 0 Å². The minimum atomic E-state index is -4.96. The van der Waals surface area contributed by atoms with E-state index in [-0.39, 0.29) is 25.7 Å². The maximum Gasteiger partial charge on any atom is 0.472 e. The number of ether oxygens (including phenoxy) is 4. The summed E-state index contributed by atoms with van der Waals surface area (Å²) < 4.78 is 68.7. The molecule has 0 rings (SSSR count). The van der Waals surface area contributed by atoms with Crippen LogP contribution in [0, 0.1) is 5.92 Å². The lowest BCUT2D eigenvalue weighted by atomic mass is 9.99. The van der Waals surface area contributed by atoms with Gasteiger partial charge in [-0.1, -0.05) is 375 Å². The van der Waals surface area contributed by atoms with Gasteiger partial charge < -0.3 is 33.8 Å². The Kier molecular flexibility index (Phi) is 71.6. The quantitative estimate of drug-likeness (QED) is 0.0222. The lowest BCUT2D eigenvalue weighted by Gasteiger charge is -2.21. The van der Waals surface area contributed by atoms with Gasteiger partial charge in [0.25, 0.3) is 0 Å². The number of phosphoric acid groups is 2. The van der Waals surface area contributed by atoms with E-state index in [1.165, 1.54) is 250 Å². The molecule has 0 saturated heterocycles. The number of hydrogen-bond donors (Lipinski definition) is 3. The number of aliphatic hydroxyl groups excluding tert-OH is 1. The molecule has 0 heterocycles. The number of carbonyl (C=O) groups is 4. The van der Waals surface area contributed by atoms with Crippen LogP contribution in [0.25, 0.3) is 0 Å². The molecule has 17 nitrogen and oxygen atoms in total. The third-order valence-electron chi connectivity index (χ3n) is 19.1. The molecule has 0 fully saturated rings. The average molecular weight is 1450 g/mol. The summed E-state index contributed by atoms with van der Waals surface area (Å²) >= 11 is 0. The van der Waals surface area contributed by atoms with Gasteiger partial charge in [-0.3, -0.25) is 37.3 Å². The van der Waals surface area contributed by atoms with Crippen LogP contribution in [0.1, 0.15) is 426 Å². The largest absolute Gasteiger partial charge is 0.472 e. The van der Waals surface area contributed by atoms with Crippen LogP contribution in [0.5, 0.6) is 0 Å². The molecule has 3 unspecified atom stereocenters. The topological polar surface area (TPSA) is 237 Å². The first-order valence-corrected chi connectivity index (χ1v) is 44.7. The number of unbranched alkanes of at least 4 members (excludes halogenated alkanes) is 51. The van der Waals surface area contributed by atoms with Crippen LogP contribution in [-0.4, -0.2) is 96.7 Å². The molecule has 0 spiro atoms. The number of phosphoric ester groups is 2. The van der Waals surface area contributed by atoms with Crippen molar-refractivity contribution >= 4 is 39.5 Å². The molecule has 19 heteroatoms. The van der Waals surface area contributed by atoms with Gasteiger partial charge >= 0.3 is 39.5 Å². The lowest BCUT2D eigenvalue weighted by Crippen LogP contribution is -2.30. The smallest absolute Gasteiger partial charge is 0.462 e. The Labute approximate surface area is 607 Å². The Bertz CT molecular complexity index is 1890. The van der Waals surface area contributed by atoms with Crippen LogP contribution >= 0.6 is 15.6 Å². The molecule has 0 aliphatic carbocycles. The second-order valence-electron chi connectivity index (χ2n) is 29.1. The fourth-order valence-electron chi connectivity index (χ4n) is 12.4. The summed E-state index contributed by atoms with van der Waals surface area (Å²) in [7, 11) is -9.91. The second-order valence-corrected chi connectivity index (χ2v) is 32.0. The molecular weight excluding hydrogens is 1290 g/mol. The van der Waals surface area contributed by atoms with Crippen molar-refractivity contribution < 1.29 is 80.2 Å². The molecule has 0 radical (unpaired) electrons. The minimum absolute atomic E-state index is 0.108. The predicted octanol–water partition coefficient (Wildman–Crippen LogP) is 24.0. The Morgan fingerprint density at radius 2 is 0.485 bits per heavy atom. The zero-order valence-corrected chi connectivity index (χ0v) is 66.4. The van der Waals surface area contributed by atoms with Crippen molar-refractivity contribution in [2.75, 3.05) is 39.6 Å². The van der Waals surface area contributed by atoms with E-state index in [9.17, 15) is 43.2 Å². The average Bonchev–Trinajstić information content (AvgIpc) is 1.02. The van der Waals surface area contributed by atoms with E-state index in [4.69, 9.17) is 37.0 Å². The van der Waals surface area contributed by atoms with E-state index in [0.29, 0.717) is 25.7 Å². The highest BCUT2D eigenvalue weighted by Gasteiger charge is 2.30. The highest BCUT2D eigenvalue weighted by atomic mass is 31.2. The van der Waals surface area contributed by atoms with Crippen LogP contribution in [0.15, 0.2) is 0 Å². The molecule has 0 aromatic heterocycles. The molecule has 0 aliphatic rings. The van der Waals surface area contributed by atoms with Crippen LogP contribution in [0.4, 0.5) is 0 Å². The first-order valence-electron chi connectivity index (χ1n) is 41.7. The van der Waals surface area contributed by atoms with Gasteiger partial charge in [0.05, 0.1) is 26.4 Å². The van der Waals surface area contributed by atoms with Crippen LogP contribution in [0.3, 0.4) is 0 Å². The Morgan fingerprint density at radius 1 is 0.283 bits per heavy atom. The zero-order valence-electron chi connectivity index (χ0n) is 64.6. The van der Waals surface area contributed by atoms with E-state index in [1.807, 2.05) is 0 Å². The molecule has 6 atom stereocenters. The summed E-state index contributed by atoms with van der Waals surface area (Å²) in [5.41, 5.74) is 0. The van der Waals surface area contributed by atoms with Crippen molar-refractivity contribution in [3.63, 3.8) is 0 Å². The summed E-state index contributed by atoms with van der Waals surface area (Å²) in [6, 6.07) is 0. The summed E-state index contributed by atoms with van der Waals surface area (Å²) in [6.45, 7) is 7.34. The van der Waals surface area contributed by atoms with Crippen molar-refractivity contribution in [1.82, 2.24) is 0 Å². The third-order valence-corrected chi connectivity index (χ3v) is 21.0. The van der Waals surface area contributed by atoms with E-state index < -0.39 is 97.5 Å². The maximum atomic E-state index is 13.1. The number of hydrogen-bond acceptors (Lipinski definition) is 15. The molecule has 99 heavy (non-hydrogen) atoms. The molecule has 0 aliphatic heterocycles. The Hall–Kier alpha value is -1.94. The number of carbonyl (C=O) groups excluding carboxylic acids is 4. The SMILES string of the molecule is CCCCCCCCCCCCCCCCCCCCCCCCC(=O)O[C@H](COC(=O)CCCCCCCCCCCCC(C)CC)COP(=O)(O)OC[C@@H](O)COP(=O)(O)OC[C@@H](COC(=O)CCCCCCCCCCCCC)OC(=O)CCCCCCCCCCCCCC. The summed E-state index contributed by atoms with van der Waals surface area (Å²) in [5.74, 6) is -1.30. The number of aliphatic hydroxyl groups is 1. The predicted molar refractivity (Wildman–Crippen MR) is 405 cm³/mol. The van der Waals surface area contributed by atoms with Crippen molar-refractivity contribution in [3.8, 4) is 0 Å². The van der Waals surface area contributed by atoms with E-state index in [1.54, 1.807) is 0 Å². The van der Waals surface area contributed by atoms with E-state index in [0.717, 1.165) is 95.8 Å². The molecule has 0 amide bonds. The lowest BCUT2D eigenvalue weighted by molar-refractivity contribution is -0.161. The molecule has 588 valence electrons. The zero-order chi connectivity index (χ0) is 72.7. The highest BCUT2D eigenvalue weighted by molar-refractivity contribution is 7.47. The first kappa shape index (κ1) is 97.1. The third kappa shape index (κ3) is 72.8. The molecular formula is C80H156O17P2. The van der Waals surface area contributed by atoms with Gasteiger partial charge in [0.15, 0.2) is 12.2 Å². The summed E-state index contributed by atoms with van der Waals surface area (Å²) in [4.78, 5) is 72.9. The molecule has 3 N–H and O–H groups in total. The van der Waals surface area contributed by atoms with Crippen molar-refractivity contribution in [1.29, 1.82) is 0 Å². The number of esters is 4. The first-order chi connectivity index (χ1) is 48.1. The van der Waals surface area contributed by atoms with Gasteiger partial charge in [0.1, 0.15) is 19.3 Å². The van der Waals surface area contributed by atoms with Crippen LogP contribution in [0.2, 0.25) is 0 Å². The van der Waals surface area contributed by atoms with E-state index in [2.05, 4.69) is 34.6 Å². The fourth-order valence-corrected chi connectivity index (χ4v) is 14.0. The molecule has 0 saturated carbocycles. The fraction of sp³-hybridized carbons (Fsp3) is 0.950. The summed E-state index contributed by atoms with van der Waals surface area (Å²) in [6.07, 6.45) is 63.8. The van der Waals surface area contributed by atoms with Gasteiger partial charge in [-0.05, 0) is 31.6 Å². The standard InChI is InChI=1S/C80H156O17P2/c1-6-10-13-16-19-22-25-27-28-29-30-31-32-33-34-35-36-39-46-51-56-61-66-80(85)97-76(70-91-78(83)64-59-54-49-44-41-40-42-47-52-57-62-73(5)9-4)72-95-99(88,89)93-68-74(81)67-92-98(86,87)94-71-75(69-90-77(82)63-58-53-48-43-37-24-21-18-15-12-8-3)96-79(84)65-60-55-50-45-38-26-23-20-17-14-11-7-2/h73-76,81H,6-72H2,1-5H3,(H,86,87)(H,88,89)/t73?,74-,75+,76+/m0/s1. The van der Waals surface area contributed by atoms with Gasteiger partial charge in [-0.25, -0.2) is 9.13 Å². The van der Waals surface area contributed by atoms with Crippen molar-refractivity contribution in [2.45, 2.75) is 445 Å². The maximum absolute atomic E-state index is 13.1. The minimum Gasteiger partial charge on any atom is -0.462 e. The second kappa shape index (κ2) is 73.0. The Balaban J connectivity index is 5.20.